The summed E-state index contributed by atoms with van der Waals surface area (Å²) in [6, 6.07) is 7.64. The first-order chi connectivity index (χ1) is 7.77. The third kappa shape index (κ3) is 4.09. The molecular weight excluding hydrogens is 228 g/mol. The zero-order valence-electron chi connectivity index (χ0n) is 8.93. The van der Waals surface area contributed by atoms with Crippen molar-refractivity contribution >= 4 is 17.7 Å². The number of para-hydroxylation sites is 1. The summed E-state index contributed by atoms with van der Waals surface area (Å²) in [7, 11) is 0. The number of rotatable bonds is 6. The topological polar surface area (TPSA) is 73.6 Å². The highest BCUT2D eigenvalue weighted by Crippen LogP contribution is 2.26. The van der Waals surface area contributed by atoms with Crippen LogP contribution < -0.4 is 16.2 Å². The van der Waals surface area contributed by atoms with Gasteiger partial charge in [0.05, 0.1) is 13.0 Å². The lowest BCUT2D eigenvalue weighted by Gasteiger charge is -2.08. The molecule has 0 spiro atoms. The Balaban J connectivity index is 2.39. The maximum absolute atomic E-state index is 10.9. The van der Waals surface area contributed by atoms with Gasteiger partial charge in [0.25, 0.3) is 0 Å². The van der Waals surface area contributed by atoms with Crippen LogP contribution in [0.25, 0.3) is 0 Å². The van der Waals surface area contributed by atoms with Crippen LogP contribution in [0.15, 0.2) is 29.2 Å². The summed E-state index contributed by atoms with van der Waals surface area (Å²) >= 11 is 1.59. The Bertz CT molecular complexity index is 347. The Kier molecular flexibility index (Phi) is 5.69. The van der Waals surface area contributed by atoms with E-state index in [1.807, 2.05) is 36.1 Å². The summed E-state index contributed by atoms with van der Waals surface area (Å²) in [6.45, 7) is 0.262. The van der Waals surface area contributed by atoms with E-state index < -0.39 is 5.97 Å². The second-order valence-corrected chi connectivity index (χ2v) is 3.69. The fourth-order valence-corrected chi connectivity index (χ4v) is 1.64. The summed E-state index contributed by atoms with van der Waals surface area (Å²) in [6.07, 6.45) is 2.11. The predicted molar refractivity (Wildman–Crippen MR) is 61.8 cm³/mol. The molecule has 0 unspecified atom stereocenters. The fourth-order valence-electron chi connectivity index (χ4n) is 1.10. The summed E-state index contributed by atoms with van der Waals surface area (Å²) in [5.74, 6) is 5.13. The van der Waals surface area contributed by atoms with Crippen molar-refractivity contribution in [1.82, 2.24) is 5.59 Å². The van der Waals surface area contributed by atoms with E-state index in [4.69, 9.17) is 10.6 Å². The van der Waals surface area contributed by atoms with Crippen molar-refractivity contribution in [3.63, 3.8) is 0 Å². The highest BCUT2D eigenvalue weighted by atomic mass is 32.2. The largest absolute Gasteiger partial charge is 0.492 e. The normalized spacial score (nSPS) is 9.88. The number of hydrogen-bond donors (Lipinski definition) is 2. The molecule has 0 aliphatic rings. The molecule has 1 rings (SSSR count). The SMILES string of the molecule is CSc1ccccc1OCCC(=O)ONN. The van der Waals surface area contributed by atoms with E-state index in [1.54, 1.807) is 11.8 Å². The lowest BCUT2D eigenvalue weighted by atomic mass is 10.3. The number of carbonyl (C=O) groups is 1. The van der Waals surface area contributed by atoms with Crippen LogP contribution in [0.2, 0.25) is 0 Å². The molecule has 0 radical (unpaired) electrons. The van der Waals surface area contributed by atoms with Crippen LogP contribution in [0, 0.1) is 0 Å². The van der Waals surface area contributed by atoms with Gasteiger partial charge in [0.15, 0.2) is 0 Å². The van der Waals surface area contributed by atoms with Crippen molar-refractivity contribution in [2.45, 2.75) is 11.3 Å². The lowest BCUT2D eigenvalue weighted by Crippen LogP contribution is -2.26. The van der Waals surface area contributed by atoms with Crippen molar-refractivity contribution in [2.24, 2.45) is 5.84 Å². The van der Waals surface area contributed by atoms with Crippen molar-refractivity contribution in [2.75, 3.05) is 12.9 Å². The smallest absolute Gasteiger partial charge is 0.329 e. The molecule has 0 amide bonds. The van der Waals surface area contributed by atoms with Gasteiger partial charge in [0.2, 0.25) is 0 Å². The molecule has 0 atom stereocenters. The molecule has 0 aromatic heterocycles. The minimum absolute atomic E-state index is 0.146. The second kappa shape index (κ2) is 7.10. The monoisotopic (exact) mass is 242 g/mol. The second-order valence-electron chi connectivity index (χ2n) is 2.84. The number of carbonyl (C=O) groups excluding carboxylic acids is 1. The molecule has 0 fully saturated rings. The van der Waals surface area contributed by atoms with Crippen LogP contribution in [0.4, 0.5) is 0 Å². The molecule has 1 aromatic carbocycles. The maximum Gasteiger partial charge on any atom is 0.329 e. The standard InChI is InChI=1S/C10H14N2O3S/c1-16-9-5-3-2-4-8(9)14-7-6-10(13)15-12-11/h2-5,12H,6-7,11H2,1H3. The Labute approximate surface area is 98.2 Å². The quantitative estimate of drug-likeness (QED) is 0.442. The van der Waals surface area contributed by atoms with Gasteiger partial charge in [-0.25, -0.2) is 5.84 Å². The minimum atomic E-state index is -0.455. The molecular formula is C10H14N2O3S. The molecule has 0 bridgehead atoms. The summed E-state index contributed by atoms with van der Waals surface area (Å²) in [4.78, 5) is 16.3. The average Bonchev–Trinajstić information content (AvgIpc) is 2.30. The van der Waals surface area contributed by atoms with Crippen LogP contribution >= 0.6 is 11.8 Å². The van der Waals surface area contributed by atoms with Gasteiger partial charge < -0.3 is 9.57 Å². The summed E-state index contributed by atoms with van der Waals surface area (Å²) in [5.41, 5.74) is 1.83. The highest BCUT2D eigenvalue weighted by Gasteiger charge is 2.05. The third-order valence-electron chi connectivity index (χ3n) is 1.81. The number of hydrazine groups is 1. The van der Waals surface area contributed by atoms with Gasteiger partial charge in [-0.1, -0.05) is 17.7 Å². The zero-order chi connectivity index (χ0) is 11.8. The maximum atomic E-state index is 10.9. The number of nitrogens with one attached hydrogen (secondary N) is 1. The van der Waals surface area contributed by atoms with Gasteiger partial charge in [-0.15, -0.1) is 11.8 Å². The Hall–Kier alpha value is -1.24. The van der Waals surface area contributed by atoms with Gasteiger partial charge in [0.1, 0.15) is 5.75 Å². The van der Waals surface area contributed by atoms with E-state index >= 15 is 0 Å². The number of nitrogens with two attached hydrogens (primary N) is 1. The molecule has 3 N–H and O–H groups in total. The molecule has 6 heteroatoms. The Morgan fingerprint density at radius 3 is 2.94 bits per heavy atom. The first-order valence-corrected chi connectivity index (χ1v) is 5.91. The van der Waals surface area contributed by atoms with Gasteiger partial charge in [0, 0.05) is 4.90 Å². The van der Waals surface area contributed by atoms with E-state index in [-0.39, 0.29) is 13.0 Å². The number of ether oxygens (including phenoxy) is 1. The Morgan fingerprint density at radius 1 is 1.50 bits per heavy atom. The van der Waals surface area contributed by atoms with E-state index in [2.05, 4.69) is 4.84 Å². The zero-order valence-corrected chi connectivity index (χ0v) is 9.75. The van der Waals surface area contributed by atoms with Crippen molar-refractivity contribution in [3.05, 3.63) is 24.3 Å². The van der Waals surface area contributed by atoms with Crippen LogP contribution in [0.3, 0.4) is 0 Å². The van der Waals surface area contributed by atoms with Crippen LogP contribution in [-0.4, -0.2) is 18.8 Å². The van der Waals surface area contributed by atoms with E-state index in [0.29, 0.717) is 0 Å². The summed E-state index contributed by atoms with van der Waals surface area (Å²) < 4.78 is 5.45. The lowest BCUT2D eigenvalue weighted by molar-refractivity contribution is -0.151. The highest BCUT2D eigenvalue weighted by molar-refractivity contribution is 7.98. The average molecular weight is 242 g/mol. The minimum Gasteiger partial charge on any atom is -0.492 e. The van der Waals surface area contributed by atoms with Gasteiger partial charge in [-0.2, -0.15) is 0 Å². The predicted octanol–water partition coefficient (Wildman–Crippen LogP) is 1.10. The first-order valence-electron chi connectivity index (χ1n) is 4.69. The molecule has 0 saturated carbocycles. The van der Waals surface area contributed by atoms with Gasteiger partial charge in [-0.05, 0) is 18.4 Å². The van der Waals surface area contributed by atoms with Gasteiger partial charge >= 0.3 is 5.97 Å². The molecule has 5 nitrogen and oxygen atoms in total. The van der Waals surface area contributed by atoms with Crippen LogP contribution in [-0.2, 0) is 9.63 Å². The van der Waals surface area contributed by atoms with Crippen molar-refractivity contribution < 1.29 is 14.4 Å². The number of thioether (sulfide) groups is 1. The molecule has 16 heavy (non-hydrogen) atoms. The Morgan fingerprint density at radius 2 is 2.25 bits per heavy atom. The summed E-state index contributed by atoms with van der Waals surface area (Å²) in [5, 5.41) is 0. The van der Waals surface area contributed by atoms with Crippen molar-refractivity contribution in [1.29, 1.82) is 0 Å². The molecule has 0 aliphatic carbocycles. The molecule has 0 aliphatic heterocycles. The van der Waals surface area contributed by atoms with E-state index in [1.165, 1.54) is 0 Å². The fraction of sp³-hybridized carbons (Fsp3) is 0.300. The number of hydrogen-bond acceptors (Lipinski definition) is 6. The molecule has 88 valence electrons. The van der Waals surface area contributed by atoms with Crippen LogP contribution in [0.1, 0.15) is 6.42 Å². The van der Waals surface area contributed by atoms with Crippen molar-refractivity contribution in [3.8, 4) is 5.75 Å². The third-order valence-corrected chi connectivity index (χ3v) is 2.58. The van der Waals surface area contributed by atoms with E-state index in [9.17, 15) is 4.79 Å². The molecule has 1 aromatic rings. The number of benzene rings is 1. The first kappa shape index (κ1) is 12.8. The molecule has 0 heterocycles. The van der Waals surface area contributed by atoms with Gasteiger partial charge in [-0.3, -0.25) is 4.79 Å². The molecule has 0 saturated heterocycles. The van der Waals surface area contributed by atoms with Crippen LogP contribution in [0.5, 0.6) is 5.75 Å². The van der Waals surface area contributed by atoms with E-state index in [0.717, 1.165) is 10.6 Å².